The minimum absolute atomic E-state index is 0.0299. The molecule has 2 heterocycles. The number of para-hydroxylation sites is 1. The molecule has 1 aromatic carbocycles. The predicted molar refractivity (Wildman–Crippen MR) is 76.4 cm³/mol. The zero-order valence-electron chi connectivity index (χ0n) is 11.4. The van der Waals surface area contributed by atoms with Gasteiger partial charge in [0.25, 0.3) is 0 Å². The van der Waals surface area contributed by atoms with Gasteiger partial charge >= 0.3 is 0 Å². The van der Waals surface area contributed by atoms with E-state index in [0.717, 1.165) is 18.5 Å². The van der Waals surface area contributed by atoms with Crippen molar-refractivity contribution in [3.63, 3.8) is 0 Å². The maximum absolute atomic E-state index is 12.5. The van der Waals surface area contributed by atoms with Gasteiger partial charge in [0, 0.05) is 31.7 Å². The monoisotopic (exact) mass is 273 g/mol. The fraction of sp³-hybridized carbons (Fsp3) is 0.467. The van der Waals surface area contributed by atoms with Gasteiger partial charge in [0.15, 0.2) is 0 Å². The van der Waals surface area contributed by atoms with Crippen LogP contribution in [0.4, 0.5) is 5.69 Å². The van der Waals surface area contributed by atoms with Crippen LogP contribution in [0.3, 0.4) is 0 Å². The van der Waals surface area contributed by atoms with Gasteiger partial charge in [0.1, 0.15) is 6.04 Å². The molecule has 2 amide bonds. The van der Waals surface area contributed by atoms with E-state index in [1.807, 2.05) is 18.2 Å². The predicted octanol–water partition coefficient (Wildman–Crippen LogP) is 0.762. The summed E-state index contributed by atoms with van der Waals surface area (Å²) in [5.41, 5.74) is 2.32. The van der Waals surface area contributed by atoms with Crippen molar-refractivity contribution in [1.29, 1.82) is 0 Å². The molecule has 0 saturated carbocycles. The van der Waals surface area contributed by atoms with Gasteiger partial charge in [0.05, 0.1) is 0 Å². The van der Waals surface area contributed by atoms with Crippen molar-refractivity contribution in [3.05, 3.63) is 29.8 Å². The molecule has 2 N–H and O–H groups in total. The molecule has 2 aliphatic heterocycles. The van der Waals surface area contributed by atoms with E-state index in [0.29, 0.717) is 26.1 Å². The summed E-state index contributed by atoms with van der Waals surface area (Å²) in [6, 6.07) is 7.94. The number of nitrogens with zero attached hydrogens (tertiary/aromatic N) is 1. The first-order valence-electron chi connectivity index (χ1n) is 7.14. The second kappa shape index (κ2) is 5.53. The molecule has 1 fully saturated rings. The van der Waals surface area contributed by atoms with Crippen LogP contribution in [-0.2, 0) is 16.0 Å². The van der Waals surface area contributed by atoms with Crippen LogP contribution >= 0.6 is 0 Å². The summed E-state index contributed by atoms with van der Waals surface area (Å²) in [4.78, 5) is 25.7. The van der Waals surface area contributed by atoms with Crippen LogP contribution in [0, 0.1) is 0 Å². The molecule has 0 aliphatic carbocycles. The zero-order valence-corrected chi connectivity index (χ0v) is 11.4. The summed E-state index contributed by atoms with van der Waals surface area (Å²) in [6.07, 6.45) is 2.13. The molecule has 5 heteroatoms. The van der Waals surface area contributed by atoms with Crippen LogP contribution in [0.15, 0.2) is 24.3 Å². The molecule has 0 aromatic heterocycles. The third-order valence-electron chi connectivity index (χ3n) is 3.97. The number of carbonyl (C=O) groups is 2. The first kappa shape index (κ1) is 13.0. The summed E-state index contributed by atoms with van der Waals surface area (Å²) in [5, 5.41) is 6.12. The molecule has 2 aliphatic rings. The third-order valence-corrected chi connectivity index (χ3v) is 3.97. The topological polar surface area (TPSA) is 61.4 Å². The van der Waals surface area contributed by atoms with Crippen LogP contribution in [0.5, 0.6) is 0 Å². The minimum atomic E-state index is -0.168. The summed E-state index contributed by atoms with van der Waals surface area (Å²) in [7, 11) is 0. The standard InChI is InChI=1S/C15H19N3O2/c19-14-7-9-18(10-8-16-14)15(20)13-6-5-11-3-1-2-4-12(11)17-13/h1-4,13,17H,5-10H2,(H,16,19). The first-order valence-corrected chi connectivity index (χ1v) is 7.14. The fourth-order valence-electron chi connectivity index (χ4n) is 2.83. The van der Waals surface area contributed by atoms with Crippen LogP contribution in [0.2, 0.25) is 0 Å². The van der Waals surface area contributed by atoms with E-state index in [-0.39, 0.29) is 17.9 Å². The average molecular weight is 273 g/mol. The van der Waals surface area contributed by atoms with Gasteiger partial charge in [-0.25, -0.2) is 0 Å². The highest BCUT2D eigenvalue weighted by atomic mass is 16.2. The van der Waals surface area contributed by atoms with Crippen LogP contribution in [-0.4, -0.2) is 42.4 Å². The van der Waals surface area contributed by atoms with E-state index >= 15 is 0 Å². The Balaban J connectivity index is 1.68. The van der Waals surface area contributed by atoms with Gasteiger partial charge in [0.2, 0.25) is 11.8 Å². The minimum Gasteiger partial charge on any atom is -0.373 e. The summed E-state index contributed by atoms with van der Waals surface area (Å²) in [5.74, 6) is 0.137. The van der Waals surface area contributed by atoms with E-state index < -0.39 is 0 Å². The lowest BCUT2D eigenvalue weighted by molar-refractivity contribution is -0.132. The van der Waals surface area contributed by atoms with Gasteiger partial charge in [-0.1, -0.05) is 18.2 Å². The largest absolute Gasteiger partial charge is 0.373 e. The van der Waals surface area contributed by atoms with Crippen molar-refractivity contribution in [2.75, 3.05) is 25.0 Å². The van der Waals surface area contributed by atoms with E-state index in [2.05, 4.69) is 16.7 Å². The van der Waals surface area contributed by atoms with Crippen molar-refractivity contribution >= 4 is 17.5 Å². The molecular formula is C15H19N3O2. The number of rotatable bonds is 1. The Morgan fingerprint density at radius 1 is 1.20 bits per heavy atom. The molecule has 3 rings (SSSR count). The molecule has 1 unspecified atom stereocenters. The normalized spacial score (nSPS) is 22.3. The van der Waals surface area contributed by atoms with Crippen molar-refractivity contribution < 1.29 is 9.59 Å². The number of carbonyl (C=O) groups excluding carboxylic acids is 2. The molecule has 20 heavy (non-hydrogen) atoms. The van der Waals surface area contributed by atoms with Crippen molar-refractivity contribution in [2.45, 2.75) is 25.3 Å². The van der Waals surface area contributed by atoms with Crippen LogP contribution in [0.25, 0.3) is 0 Å². The molecule has 5 nitrogen and oxygen atoms in total. The second-order valence-electron chi connectivity index (χ2n) is 5.32. The number of amides is 2. The zero-order chi connectivity index (χ0) is 13.9. The number of anilines is 1. The van der Waals surface area contributed by atoms with Gasteiger partial charge in [-0.05, 0) is 24.5 Å². The molecule has 0 bridgehead atoms. The molecule has 1 aromatic rings. The Labute approximate surface area is 118 Å². The number of nitrogens with one attached hydrogen (secondary N) is 2. The third kappa shape index (κ3) is 2.61. The number of benzene rings is 1. The SMILES string of the molecule is O=C1CCN(C(=O)C2CCc3ccccc3N2)CCN1. The number of hydrogen-bond acceptors (Lipinski definition) is 3. The lowest BCUT2D eigenvalue weighted by atomic mass is 9.97. The maximum atomic E-state index is 12.5. The lowest BCUT2D eigenvalue weighted by Crippen LogP contribution is -2.45. The average Bonchev–Trinajstić information content (AvgIpc) is 2.71. The van der Waals surface area contributed by atoms with E-state index in [4.69, 9.17) is 0 Å². The highest BCUT2D eigenvalue weighted by molar-refractivity contribution is 5.86. The molecule has 1 saturated heterocycles. The maximum Gasteiger partial charge on any atom is 0.245 e. The Kier molecular flexibility index (Phi) is 3.58. The van der Waals surface area contributed by atoms with Gasteiger partial charge < -0.3 is 15.5 Å². The molecule has 0 spiro atoms. The van der Waals surface area contributed by atoms with Gasteiger partial charge in [-0.3, -0.25) is 9.59 Å². The van der Waals surface area contributed by atoms with Crippen molar-refractivity contribution in [3.8, 4) is 0 Å². The number of hydrogen-bond donors (Lipinski definition) is 2. The highest BCUT2D eigenvalue weighted by Gasteiger charge is 2.28. The summed E-state index contributed by atoms with van der Waals surface area (Å²) in [6.45, 7) is 1.67. The van der Waals surface area contributed by atoms with Crippen LogP contribution in [0.1, 0.15) is 18.4 Å². The molecule has 1 atom stereocenters. The van der Waals surface area contributed by atoms with Gasteiger partial charge in [-0.2, -0.15) is 0 Å². The van der Waals surface area contributed by atoms with Crippen LogP contribution < -0.4 is 10.6 Å². The van der Waals surface area contributed by atoms with E-state index in [1.54, 1.807) is 4.90 Å². The van der Waals surface area contributed by atoms with E-state index in [9.17, 15) is 9.59 Å². The van der Waals surface area contributed by atoms with Crippen molar-refractivity contribution in [1.82, 2.24) is 10.2 Å². The Morgan fingerprint density at radius 3 is 2.95 bits per heavy atom. The quantitative estimate of drug-likeness (QED) is 0.794. The number of fused-ring (bicyclic) bond motifs is 1. The fourth-order valence-corrected chi connectivity index (χ4v) is 2.83. The summed E-state index contributed by atoms with van der Waals surface area (Å²) >= 11 is 0. The molecule has 106 valence electrons. The first-order chi connectivity index (χ1) is 9.74. The van der Waals surface area contributed by atoms with Crippen molar-refractivity contribution in [2.24, 2.45) is 0 Å². The van der Waals surface area contributed by atoms with Gasteiger partial charge in [-0.15, -0.1) is 0 Å². The molecular weight excluding hydrogens is 254 g/mol. The summed E-state index contributed by atoms with van der Waals surface area (Å²) < 4.78 is 0. The number of aryl methyl sites for hydroxylation is 1. The Hall–Kier alpha value is -2.04. The van der Waals surface area contributed by atoms with E-state index in [1.165, 1.54) is 5.56 Å². The molecule has 0 radical (unpaired) electrons. The Bertz CT molecular complexity index is 530. The smallest absolute Gasteiger partial charge is 0.245 e. The Morgan fingerprint density at radius 2 is 2.05 bits per heavy atom. The highest BCUT2D eigenvalue weighted by Crippen LogP contribution is 2.25. The lowest BCUT2D eigenvalue weighted by Gasteiger charge is -2.30. The second-order valence-corrected chi connectivity index (χ2v) is 5.32.